The van der Waals surface area contributed by atoms with Crippen LogP contribution in [0, 0.1) is 18.3 Å². The molecule has 32 heavy (non-hydrogen) atoms. The molecule has 2 aromatic carbocycles. The Morgan fingerprint density at radius 2 is 1.94 bits per heavy atom. The summed E-state index contributed by atoms with van der Waals surface area (Å²) in [7, 11) is 2.92. The second kappa shape index (κ2) is 9.44. The lowest BCUT2D eigenvalue weighted by atomic mass is 10.1. The Labute approximate surface area is 183 Å². The van der Waals surface area contributed by atoms with Gasteiger partial charge in [-0.3, -0.25) is 9.59 Å². The molecule has 0 unspecified atom stereocenters. The molecule has 3 aromatic rings. The Balaban J connectivity index is 1.93. The summed E-state index contributed by atoms with van der Waals surface area (Å²) in [5, 5.41) is 27.1. The van der Waals surface area contributed by atoms with Gasteiger partial charge in [-0.1, -0.05) is 0 Å². The molecule has 0 aliphatic rings. The number of ether oxygens (including phenoxy) is 2. The number of phenolic OH excluding ortho intramolecular Hbond substituents is 1. The van der Waals surface area contributed by atoms with Crippen LogP contribution < -0.4 is 20.5 Å². The predicted octanol–water partition coefficient (Wildman–Crippen LogP) is 1.90. The summed E-state index contributed by atoms with van der Waals surface area (Å²) in [6.07, 6.45) is 1.35. The summed E-state index contributed by atoms with van der Waals surface area (Å²) in [6.45, 7) is 1.47. The van der Waals surface area contributed by atoms with Crippen molar-refractivity contribution in [3.8, 4) is 29.0 Å². The number of phenols is 1. The van der Waals surface area contributed by atoms with Crippen LogP contribution in [0.15, 0.2) is 52.4 Å². The van der Waals surface area contributed by atoms with Crippen molar-refractivity contribution in [1.29, 1.82) is 5.26 Å². The third-order valence-corrected chi connectivity index (χ3v) is 4.56. The maximum atomic E-state index is 12.7. The fourth-order valence-corrected chi connectivity index (χ4v) is 2.84. The van der Waals surface area contributed by atoms with Gasteiger partial charge < -0.3 is 14.6 Å². The monoisotopic (exact) mass is 433 g/mol. The minimum atomic E-state index is -0.705. The highest BCUT2D eigenvalue weighted by Gasteiger charge is 2.20. The van der Waals surface area contributed by atoms with Gasteiger partial charge in [0.05, 0.1) is 26.1 Å². The normalized spacial score (nSPS) is 10.6. The molecule has 162 valence electrons. The van der Waals surface area contributed by atoms with Crippen LogP contribution in [-0.4, -0.2) is 41.2 Å². The highest BCUT2D eigenvalue weighted by Crippen LogP contribution is 2.25. The van der Waals surface area contributed by atoms with Crippen molar-refractivity contribution in [2.75, 3.05) is 14.2 Å². The molecule has 0 spiro atoms. The summed E-state index contributed by atoms with van der Waals surface area (Å²) in [4.78, 5) is 25.4. The number of carbonyl (C=O) groups is 1. The zero-order valence-electron chi connectivity index (χ0n) is 17.5. The minimum absolute atomic E-state index is 0.0293. The van der Waals surface area contributed by atoms with Crippen molar-refractivity contribution >= 4 is 12.1 Å². The second-order valence-electron chi connectivity index (χ2n) is 6.51. The predicted molar refractivity (Wildman–Crippen MR) is 116 cm³/mol. The van der Waals surface area contributed by atoms with Gasteiger partial charge in [-0.05, 0) is 55.0 Å². The number of aromatic nitrogens is 2. The smallest absolute Gasteiger partial charge is 0.292 e. The standard InChI is InChI=1S/C22H19N5O5/c1-13-17(11-23)22(30)27(15-5-7-16(31-2)8-6-15)26-20(13)21(29)25-24-12-14-4-9-18(28)19(10-14)32-3/h4-10,12,28H,1-3H3,(H,25,29)/b24-12+. The Morgan fingerprint density at radius 3 is 2.56 bits per heavy atom. The number of hydrogen-bond donors (Lipinski definition) is 2. The number of carbonyl (C=O) groups excluding carboxylic acids is 1. The molecule has 0 aliphatic heterocycles. The number of methoxy groups -OCH3 is 2. The fourth-order valence-electron chi connectivity index (χ4n) is 2.84. The van der Waals surface area contributed by atoms with E-state index in [-0.39, 0.29) is 28.3 Å². The summed E-state index contributed by atoms with van der Waals surface area (Å²) in [5.41, 5.74) is 2.42. The van der Waals surface area contributed by atoms with E-state index in [1.165, 1.54) is 39.5 Å². The summed E-state index contributed by atoms with van der Waals surface area (Å²) in [5.74, 6) is 0.0946. The average Bonchev–Trinajstić information content (AvgIpc) is 2.80. The number of hydrazone groups is 1. The Bertz CT molecular complexity index is 1290. The number of nitrogens with zero attached hydrogens (tertiary/aromatic N) is 4. The van der Waals surface area contributed by atoms with E-state index in [1.54, 1.807) is 30.3 Å². The van der Waals surface area contributed by atoms with E-state index in [1.807, 2.05) is 6.07 Å². The Morgan fingerprint density at radius 1 is 1.22 bits per heavy atom. The highest BCUT2D eigenvalue weighted by molar-refractivity contribution is 5.94. The second-order valence-corrected chi connectivity index (χ2v) is 6.51. The van der Waals surface area contributed by atoms with Crippen LogP contribution in [0.2, 0.25) is 0 Å². The first-order chi connectivity index (χ1) is 15.4. The van der Waals surface area contributed by atoms with E-state index >= 15 is 0 Å². The van der Waals surface area contributed by atoms with Gasteiger partial charge in [0, 0.05) is 5.56 Å². The quantitative estimate of drug-likeness (QED) is 0.447. The van der Waals surface area contributed by atoms with Crippen LogP contribution in [0.1, 0.15) is 27.2 Å². The molecule has 1 amide bonds. The van der Waals surface area contributed by atoms with E-state index < -0.39 is 11.5 Å². The van der Waals surface area contributed by atoms with Crippen molar-refractivity contribution < 1.29 is 19.4 Å². The number of amides is 1. The third-order valence-electron chi connectivity index (χ3n) is 4.56. The molecule has 0 fully saturated rings. The van der Waals surface area contributed by atoms with Gasteiger partial charge in [-0.15, -0.1) is 0 Å². The maximum absolute atomic E-state index is 12.7. The molecule has 0 bridgehead atoms. The van der Waals surface area contributed by atoms with Gasteiger partial charge in [-0.25, -0.2) is 5.43 Å². The topological polar surface area (TPSA) is 139 Å². The minimum Gasteiger partial charge on any atom is -0.504 e. The van der Waals surface area contributed by atoms with E-state index in [0.717, 1.165) is 4.68 Å². The first kappa shape index (κ1) is 22.0. The number of nitriles is 1. The van der Waals surface area contributed by atoms with Crippen molar-refractivity contribution in [1.82, 2.24) is 15.2 Å². The number of rotatable bonds is 6. The molecule has 0 atom stereocenters. The van der Waals surface area contributed by atoms with Crippen LogP contribution in [-0.2, 0) is 0 Å². The van der Waals surface area contributed by atoms with Gasteiger partial charge in [0.15, 0.2) is 17.2 Å². The van der Waals surface area contributed by atoms with Crippen LogP contribution in [0.25, 0.3) is 5.69 Å². The molecule has 0 saturated carbocycles. The molecular weight excluding hydrogens is 414 g/mol. The van der Waals surface area contributed by atoms with Crippen molar-refractivity contribution in [2.24, 2.45) is 5.10 Å². The highest BCUT2D eigenvalue weighted by atomic mass is 16.5. The first-order valence-electron chi connectivity index (χ1n) is 9.28. The lowest BCUT2D eigenvalue weighted by molar-refractivity contribution is 0.0947. The van der Waals surface area contributed by atoms with Gasteiger partial charge in [0.1, 0.15) is 17.4 Å². The van der Waals surface area contributed by atoms with Gasteiger partial charge in [0.25, 0.3) is 11.5 Å². The molecule has 10 nitrogen and oxygen atoms in total. The van der Waals surface area contributed by atoms with E-state index in [4.69, 9.17) is 9.47 Å². The van der Waals surface area contributed by atoms with E-state index in [0.29, 0.717) is 17.0 Å². The maximum Gasteiger partial charge on any atom is 0.292 e. The number of aromatic hydroxyl groups is 1. The molecule has 0 radical (unpaired) electrons. The fraction of sp³-hybridized carbons (Fsp3) is 0.136. The van der Waals surface area contributed by atoms with Crippen molar-refractivity contribution in [3.63, 3.8) is 0 Å². The SMILES string of the molecule is COc1ccc(-n2nc(C(=O)N/N=C/c3ccc(O)c(OC)c3)c(C)c(C#N)c2=O)cc1. The number of nitrogens with one attached hydrogen (secondary N) is 1. The molecule has 10 heteroatoms. The molecule has 0 aliphatic carbocycles. The van der Waals surface area contributed by atoms with Crippen LogP contribution in [0.5, 0.6) is 17.2 Å². The lowest BCUT2D eigenvalue weighted by Crippen LogP contribution is -2.31. The zero-order chi connectivity index (χ0) is 23.3. The largest absolute Gasteiger partial charge is 0.504 e. The van der Waals surface area contributed by atoms with Gasteiger partial charge >= 0.3 is 0 Å². The third kappa shape index (κ3) is 4.41. The number of hydrogen-bond acceptors (Lipinski definition) is 8. The zero-order valence-corrected chi connectivity index (χ0v) is 17.5. The Kier molecular flexibility index (Phi) is 6.50. The summed E-state index contributed by atoms with van der Waals surface area (Å²) >= 11 is 0. The van der Waals surface area contributed by atoms with Gasteiger partial charge in [-0.2, -0.15) is 20.1 Å². The Hall–Kier alpha value is -4.65. The molecule has 1 aromatic heterocycles. The number of benzene rings is 2. The van der Waals surface area contributed by atoms with Crippen LogP contribution in [0.4, 0.5) is 0 Å². The molecule has 1 heterocycles. The van der Waals surface area contributed by atoms with Crippen molar-refractivity contribution in [3.05, 3.63) is 75.2 Å². The van der Waals surface area contributed by atoms with E-state index in [9.17, 15) is 20.0 Å². The molecule has 0 saturated heterocycles. The molecule has 2 N–H and O–H groups in total. The lowest BCUT2D eigenvalue weighted by Gasteiger charge is -2.11. The van der Waals surface area contributed by atoms with Crippen LogP contribution >= 0.6 is 0 Å². The molecule has 3 rings (SSSR count). The van der Waals surface area contributed by atoms with Crippen molar-refractivity contribution in [2.45, 2.75) is 6.92 Å². The van der Waals surface area contributed by atoms with Crippen LogP contribution in [0.3, 0.4) is 0 Å². The molecular formula is C22H19N5O5. The summed E-state index contributed by atoms with van der Waals surface area (Å²) in [6, 6.07) is 12.8. The average molecular weight is 433 g/mol. The summed E-state index contributed by atoms with van der Waals surface area (Å²) < 4.78 is 11.1. The van der Waals surface area contributed by atoms with E-state index in [2.05, 4.69) is 15.6 Å². The first-order valence-corrected chi connectivity index (χ1v) is 9.28. The van der Waals surface area contributed by atoms with Gasteiger partial charge in [0.2, 0.25) is 0 Å².